The van der Waals surface area contributed by atoms with Crippen LogP contribution in [-0.4, -0.2) is 30.4 Å². The van der Waals surface area contributed by atoms with Gasteiger partial charge in [-0.15, -0.1) is 0 Å². The molecule has 0 spiro atoms. The number of anilines is 2. The Morgan fingerprint density at radius 3 is 1.95 bits per heavy atom. The zero-order valence-corrected chi connectivity index (χ0v) is 21.8. The molecule has 0 saturated heterocycles. The van der Waals surface area contributed by atoms with E-state index in [1.807, 2.05) is 0 Å². The van der Waals surface area contributed by atoms with Gasteiger partial charge in [-0.05, 0) is 46.3 Å². The highest BCUT2D eigenvalue weighted by atomic mass is 79.9. The van der Waals surface area contributed by atoms with Crippen molar-refractivity contribution in [3.8, 4) is 0 Å². The molecule has 1 amide bonds. The topological polar surface area (TPSA) is 52.6 Å². The number of carbonyl (C=O) groups excluding carboxylic acids is 1. The molecular formula is C25H16BrF11N2O2. The molecule has 0 fully saturated rings. The maximum atomic E-state index is 15.3. The molecule has 0 bridgehead atoms. The van der Waals surface area contributed by atoms with Crippen LogP contribution in [0.3, 0.4) is 0 Å². The Kier molecular flexibility index (Phi) is 8.71. The maximum absolute atomic E-state index is 15.3. The molecule has 41 heavy (non-hydrogen) atoms. The summed E-state index contributed by atoms with van der Waals surface area (Å²) in [5, 5.41) is 12.3. The number of halogens is 12. The summed E-state index contributed by atoms with van der Waals surface area (Å²) in [6, 6.07) is 9.73. The molecule has 2 N–H and O–H groups in total. The van der Waals surface area contributed by atoms with Gasteiger partial charge in [0.15, 0.2) is 12.0 Å². The minimum absolute atomic E-state index is 0.138. The van der Waals surface area contributed by atoms with Crippen molar-refractivity contribution in [2.24, 2.45) is 0 Å². The lowest BCUT2D eigenvalue weighted by Gasteiger charge is -2.31. The fourth-order valence-corrected chi connectivity index (χ4v) is 4.34. The van der Waals surface area contributed by atoms with Gasteiger partial charge in [0, 0.05) is 28.2 Å². The van der Waals surface area contributed by atoms with E-state index < -0.39 is 80.8 Å². The van der Waals surface area contributed by atoms with Gasteiger partial charge in [-0.1, -0.05) is 30.3 Å². The second-order valence-electron chi connectivity index (χ2n) is 8.49. The van der Waals surface area contributed by atoms with Crippen LogP contribution in [-0.2, 0) is 11.8 Å². The molecule has 3 rings (SSSR count). The van der Waals surface area contributed by atoms with Crippen LogP contribution >= 0.6 is 15.9 Å². The lowest BCUT2D eigenvalue weighted by molar-refractivity contribution is -0.348. The smallest absolute Gasteiger partial charge is 0.369 e. The molecule has 0 aliphatic rings. The van der Waals surface area contributed by atoms with Crippen molar-refractivity contribution in [1.82, 2.24) is 0 Å². The number of rotatable bonds is 6. The SMILES string of the molecule is CN(C(=O)c1ccccc1)c1cccc(C(O)Nc2c(Br)cc(C(F)(C(F)(F)F)C(F)(F)F)cc2C(F)(F)F)c1F. The third kappa shape index (κ3) is 6.12. The van der Waals surface area contributed by atoms with Gasteiger partial charge in [-0.3, -0.25) is 4.79 Å². The third-order valence-electron chi connectivity index (χ3n) is 5.85. The molecule has 0 aliphatic carbocycles. The fraction of sp³-hybridized carbons (Fsp3) is 0.240. The number of hydrogen-bond donors (Lipinski definition) is 2. The number of benzene rings is 3. The number of hydrogen-bond acceptors (Lipinski definition) is 3. The van der Waals surface area contributed by atoms with Crippen LogP contribution in [0.15, 0.2) is 65.1 Å². The first-order chi connectivity index (χ1) is 18.7. The lowest BCUT2D eigenvalue weighted by atomic mass is 9.92. The Morgan fingerprint density at radius 1 is 0.878 bits per heavy atom. The Hall–Kier alpha value is -3.40. The molecule has 0 aromatic heterocycles. The summed E-state index contributed by atoms with van der Waals surface area (Å²) in [4.78, 5) is 13.5. The number of amides is 1. The van der Waals surface area contributed by atoms with E-state index in [9.17, 15) is 53.8 Å². The molecule has 1 atom stereocenters. The van der Waals surface area contributed by atoms with Crippen molar-refractivity contribution in [1.29, 1.82) is 0 Å². The number of carbonyl (C=O) groups is 1. The summed E-state index contributed by atoms with van der Waals surface area (Å²) in [7, 11) is 1.17. The number of nitrogens with zero attached hydrogens (tertiary/aromatic N) is 1. The van der Waals surface area contributed by atoms with Crippen LogP contribution in [0, 0.1) is 5.82 Å². The van der Waals surface area contributed by atoms with E-state index in [2.05, 4.69) is 15.9 Å². The number of nitrogens with one attached hydrogen (secondary N) is 1. The van der Waals surface area contributed by atoms with Crippen molar-refractivity contribution < 1.29 is 58.2 Å². The molecule has 4 nitrogen and oxygen atoms in total. The first-order valence-corrected chi connectivity index (χ1v) is 11.8. The quantitative estimate of drug-likeness (QED) is 0.206. The van der Waals surface area contributed by atoms with Crippen molar-refractivity contribution in [3.63, 3.8) is 0 Å². The van der Waals surface area contributed by atoms with Crippen molar-refractivity contribution in [3.05, 3.63) is 93.2 Å². The predicted molar refractivity (Wildman–Crippen MR) is 128 cm³/mol. The molecular weight excluding hydrogens is 649 g/mol. The normalized spacial score (nSPS) is 13.6. The number of alkyl halides is 10. The van der Waals surface area contributed by atoms with Gasteiger partial charge in [-0.25, -0.2) is 8.78 Å². The second kappa shape index (κ2) is 11.1. The molecule has 3 aromatic rings. The summed E-state index contributed by atoms with van der Waals surface area (Å²) < 4.78 is 149. The van der Waals surface area contributed by atoms with Gasteiger partial charge in [0.25, 0.3) is 5.91 Å². The van der Waals surface area contributed by atoms with Crippen molar-refractivity contribution in [2.75, 3.05) is 17.3 Å². The van der Waals surface area contributed by atoms with Gasteiger partial charge in [-0.2, -0.15) is 39.5 Å². The van der Waals surface area contributed by atoms with E-state index in [-0.39, 0.29) is 11.6 Å². The van der Waals surface area contributed by atoms with Gasteiger partial charge in [0.1, 0.15) is 0 Å². The minimum Gasteiger partial charge on any atom is -0.369 e. The molecule has 16 heteroatoms. The average molecular weight is 665 g/mol. The van der Waals surface area contributed by atoms with Gasteiger partial charge in [0.05, 0.1) is 16.9 Å². The lowest BCUT2D eigenvalue weighted by Crippen LogP contribution is -2.50. The standard InChI is InChI=1S/C25H16BrF11N2O2/c1-39(21(41)12-6-3-2-4-7-12)17-9-5-8-14(18(17)27)20(40)38-19-15(23(29,30)31)10-13(11-16(19)26)22(28,24(32,33)34)25(35,36)37/h2-11,20,38,40H,1H3. The predicted octanol–water partition coefficient (Wildman–Crippen LogP) is 8.28. The summed E-state index contributed by atoms with van der Waals surface area (Å²) >= 11 is 2.40. The average Bonchev–Trinajstić information content (AvgIpc) is 2.86. The van der Waals surface area contributed by atoms with Crippen molar-refractivity contribution >= 4 is 33.2 Å². The fourth-order valence-electron chi connectivity index (χ4n) is 3.77. The zero-order chi connectivity index (χ0) is 31.1. The minimum atomic E-state index is -6.70. The zero-order valence-electron chi connectivity index (χ0n) is 20.2. The molecule has 0 saturated carbocycles. The van der Waals surface area contributed by atoms with E-state index in [1.165, 1.54) is 31.3 Å². The Balaban J connectivity index is 2.08. The summed E-state index contributed by atoms with van der Waals surface area (Å²) in [5.41, 5.74) is -13.2. The van der Waals surface area contributed by atoms with E-state index in [0.29, 0.717) is 0 Å². The van der Waals surface area contributed by atoms with Gasteiger partial charge >= 0.3 is 24.2 Å². The van der Waals surface area contributed by atoms with E-state index in [4.69, 9.17) is 0 Å². The van der Waals surface area contributed by atoms with Crippen LogP contribution in [0.4, 0.5) is 59.7 Å². The van der Waals surface area contributed by atoms with Crippen LogP contribution in [0.5, 0.6) is 0 Å². The van der Waals surface area contributed by atoms with E-state index >= 15 is 4.39 Å². The first-order valence-electron chi connectivity index (χ1n) is 11.0. The third-order valence-corrected chi connectivity index (χ3v) is 6.47. The second-order valence-corrected chi connectivity index (χ2v) is 9.34. The summed E-state index contributed by atoms with van der Waals surface area (Å²) in [6.07, 6.45) is -21.5. The molecule has 222 valence electrons. The van der Waals surface area contributed by atoms with Gasteiger partial charge in [0.2, 0.25) is 0 Å². The molecule has 0 radical (unpaired) electrons. The van der Waals surface area contributed by atoms with Crippen LogP contribution in [0.1, 0.15) is 33.3 Å². The summed E-state index contributed by atoms with van der Waals surface area (Å²) in [5.74, 6) is -2.00. The molecule has 0 heterocycles. The van der Waals surface area contributed by atoms with Crippen LogP contribution in [0.2, 0.25) is 0 Å². The first kappa shape index (κ1) is 32.1. The van der Waals surface area contributed by atoms with E-state index in [0.717, 1.165) is 23.1 Å². The monoisotopic (exact) mass is 664 g/mol. The summed E-state index contributed by atoms with van der Waals surface area (Å²) in [6.45, 7) is 0. The van der Waals surface area contributed by atoms with E-state index in [1.54, 1.807) is 11.4 Å². The Labute approximate surface area is 232 Å². The van der Waals surface area contributed by atoms with Crippen molar-refractivity contribution in [2.45, 2.75) is 30.4 Å². The number of aliphatic hydroxyl groups is 1. The highest BCUT2D eigenvalue weighted by Crippen LogP contribution is 2.55. The Morgan fingerprint density at radius 2 is 1.44 bits per heavy atom. The Bertz CT molecular complexity index is 1410. The molecule has 0 aliphatic heterocycles. The highest BCUT2D eigenvalue weighted by Gasteiger charge is 2.73. The number of aliphatic hydroxyl groups excluding tert-OH is 1. The van der Waals surface area contributed by atoms with Crippen LogP contribution in [0.25, 0.3) is 0 Å². The molecule has 3 aromatic carbocycles. The van der Waals surface area contributed by atoms with Gasteiger partial charge < -0.3 is 15.3 Å². The highest BCUT2D eigenvalue weighted by molar-refractivity contribution is 9.10. The van der Waals surface area contributed by atoms with Crippen LogP contribution < -0.4 is 10.2 Å². The largest absolute Gasteiger partial charge is 0.435 e. The molecule has 1 unspecified atom stereocenters. The maximum Gasteiger partial charge on any atom is 0.435 e.